The van der Waals surface area contributed by atoms with Crippen LogP contribution in [0.3, 0.4) is 0 Å². The Morgan fingerprint density at radius 2 is 0.345 bits per heavy atom. The SMILES string of the molecule is CC1(C)c2cc(N(c3ccc(-c4ccccc4)cc3)c3ccc4c5c(ccc4c3)-c3ccccc3C5(C)C)ccc2-c2cc3ccccc3cc21.CC1(C)c2ccccc2-c2cc(N(c3ccc(-c4ccccc4)cc3)c3ccc4c5c(ccc4c3)-c3ccccc3C5(C)C)ccc21.CC1(C)c2ccccc2-c2ccc(N(c3ccc(-c4ccccc4)cc3)c3ccc4c5c(ccc4c3)-c3ccccc3C5(C)C)cc21. The smallest absolute Gasteiger partial charge is 0.0468 e. The molecule has 22 aromatic carbocycles. The average molecular weight is 1860 g/mol. The van der Waals surface area contributed by atoms with Crippen LogP contribution >= 0.6 is 0 Å². The van der Waals surface area contributed by atoms with E-state index in [9.17, 15) is 0 Å². The molecule has 22 aromatic rings. The quantitative estimate of drug-likeness (QED) is 0.121. The van der Waals surface area contributed by atoms with Crippen LogP contribution in [0, 0.1) is 0 Å². The predicted octanol–water partition coefficient (Wildman–Crippen LogP) is 38.9. The highest BCUT2D eigenvalue weighted by atomic mass is 15.2. The highest BCUT2D eigenvalue weighted by Crippen LogP contribution is 2.60. The Bertz CT molecular complexity index is 9020. The van der Waals surface area contributed by atoms with Crippen molar-refractivity contribution in [1.82, 2.24) is 0 Å². The van der Waals surface area contributed by atoms with Crippen molar-refractivity contribution in [3.8, 4) is 100 Å². The zero-order chi connectivity index (χ0) is 98.3. The van der Waals surface area contributed by atoms with Gasteiger partial charge in [-0.2, -0.15) is 0 Å². The minimum atomic E-state index is -0.127. The summed E-state index contributed by atoms with van der Waals surface area (Å²) in [6.45, 7) is 28.4. The zero-order valence-electron chi connectivity index (χ0n) is 84.3. The van der Waals surface area contributed by atoms with Crippen LogP contribution < -0.4 is 14.7 Å². The number of benzene rings is 22. The lowest BCUT2D eigenvalue weighted by Gasteiger charge is -2.29. The zero-order valence-corrected chi connectivity index (χ0v) is 84.3. The lowest BCUT2D eigenvalue weighted by atomic mass is 9.80. The molecule has 3 nitrogen and oxygen atoms in total. The van der Waals surface area contributed by atoms with Crippen LogP contribution in [-0.4, -0.2) is 0 Å². The summed E-state index contributed by atoms with van der Waals surface area (Å²) in [6.07, 6.45) is 0. The predicted molar refractivity (Wildman–Crippen MR) is 615 cm³/mol. The molecule has 6 aliphatic carbocycles. The Labute approximate surface area is 852 Å². The number of hydrogen-bond donors (Lipinski definition) is 0. The number of nitrogens with zero attached hydrogens (tertiary/aromatic N) is 3. The van der Waals surface area contributed by atoms with Gasteiger partial charge in [0, 0.05) is 83.7 Å². The van der Waals surface area contributed by atoms with Crippen LogP contribution in [0.25, 0.3) is 143 Å². The van der Waals surface area contributed by atoms with Gasteiger partial charge in [-0.05, 0) is 331 Å². The van der Waals surface area contributed by atoms with E-state index in [1.165, 1.54) is 221 Å². The van der Waals surface area contributed by atoms with Gasteiger partial charge in [0.1, 0.15) is 0 Å². The monoisotopic (exact) mass is 1860 g/mol. The van der Waals surface area contributed by atoms with Gasteiger partial charge in [0.25, 0.3) is 0 Å². The highest BCUT2D eigenvalue weighted by Gasteiger charge is 2.44. The van der Waals surface area contributed by atoms with E-state index in [-0.39, 0.29) is 32.5 Å². The minimum absolute atomic E-state index is 0.0275. The summed E-state index contributed by atoms with van der Waals surface area (Å²) < 4.78 is 0. The number of fused-ring (bicyclic) bond motifs is 25. The molecular weight excluding hydrogens is 1750 g/mol. The van der Waals surface area contributed by atoms with Crippen molar-refractivity contribution in [2.24, 2.45) is 0 Å². The van der Waals surface area contributed by atoms with Crippen molar-refractivity contribution >= 4 is 94.3 Å². The highest BCUT2D eigenvalue weighted by molar-refractivity contribution is 6.05. The molecule has 0 fully saturated rings. The van der Waals surface area contributed by atoms with E-state index < -0.39 is 0 Å². The summed E-state index contributed by atoms with van der Waals surface area (Å²) in [5.41, 5.74) is 50.4. The van der Waals surface area contributed by atoms with Gasteiger partial charge in [-0.3, -0.25) is 0 Å². The van der Waals surface area contributed by atoms with Gasteiger partial charge in [0.2, 0.25) is 0 Å². The van der Waals surface area contributed by atoms with Gasteiger partial charge in [-0.15, -0.1) is 0 Å². The molecule has 0 heterocycles. The fourth-order valence-electron chi connectivity index (χ4n) is 26.1. The van der Waals surface area contributed by atoms with Gasteiger partial charge >= 0.3 is 0 Å². The van der Waals surface area contributed by atoms with E-state index in [2.05, 4.69) is 565 Å². The molecule has 696 valence electrons. The van der Waals surface area contributed by atoms with E-state index in [1.807, 2.05) is 0 Å². The molecule has 0 saturated heterocycles. The Balaban J connectivity index is 0.000000111. The third-order valence-corrected chi connectivity index (χ3v) is 33.5. The van der Waals surface area contributed by atoms with E-state index in [0.717, 1.165) is 39.8 Å². The third-order valence-electron chi connectivity index (χ3n) is 33.5. The average Bonchev–Trinajstić information content (AvgIpc) is 1.57. The van der Waals surface area contributed by atoms with Gasteiger partial charge in [-0.1, -0.05) is 429 Å². The number of hydrogen-bond acceptors (Lipinski definition) is 3. The van der Waals surface area contributed by atoms with Crippen LogP contribution in [0.15, 0.2) is 467 Å². The molecule has 0 saturated carbocycles. The van der Waals surface area contributed by atoms with Crippen LogP contribution in [-0.2, 0) is 32.5 Å². The van der Waals surface area contributed by atoms with Gasteiger partial charge in [-0.25, -0.2) is 0 Å². The molecule has 0 radical (unpaired) electrons. The van der Waals surface area contributed by atoms with Crippen molar-refractivity contribution < 1.29 is 0 Å². The first kappa shape index (κ1) is 88.5. The van der Waals surface area contributed by atoms with Crippen molar-refractivity contribution in [1.29, 1.82) is 0 Å². The van der Waals surface area contributed by atoms with Gasteiger partial charge in [0.05, 0.1) is 0 Å². The summed E-state index contributed by atoms with van der Waals surface area (Å²) >= 11 is 0. The van der Waals surface area contributed by atoms with E-state index in [1.54, 1.807) is 0 Å². The molecule has 145 heavy (non-hydrogen) atoms. The summed E-state index contributed by atoms with van der Waals surface area (Å²) in [5, 5.41) is 10.4. The summed E-state index contributed by atoms with van der Waals surface area (Å²) in [6, 6.07) is 173. The Hall–Kier alpha value is -16.7. The number of anilines is 9. The van der Waals surface area contributed by atoms with E-state index >= 15 is 0 Å². The van der Waals surface area contributed by atoms with Crippen LogP contribution in [0.4, 0.5) is 51.2 Å². The first-order valence-corrected chi connectivity index (χ1v) is 51.5. The molecule has 0 N–H and O–H groups in total. The van der Waals surface area contributed by atoms with Crippen LogP contribution in [0.5, 0.6) is 0 Å². The maximum absolute atomic E-state index is 2.44. The molecule has 28 rings (SSSR count). The van der Waals surface area contributed by atoms with Crippen molar-refractivity contribution in [2.75, 3.05) is 14.7 Å². The van der Waals surface area contributed by atoms with Crippen LogP contribution in [0.1, 0.15) is 150 Å². The summed E-state index contributed by atoms with van der Waals surface area (Å²) in [7, 11) is 0. The molecular formula is C142H113N3. The van der Waals surface area contributed by atoms with E-state index in [0.29, 0.717) is 0 Å². The fraction of sp³-hybridized carbons (Fsp3) is 0.127. The Morgan fingerprint density at radius 1 is 0.124 bits per heavy atom. The Morgan fingerprint density at radius 3 is 0.710 bits per heavy atom. The van der Waals surface area contributed by atoms with Crippen molar-refractivity contribution in [3.05, 3.63) is 534 Å². The van der Waals surface area contributed by atoms with Crippen molar-refractivity contribution in [3.63, 3.8) is 0 Å². The first-order valence-electron chi connectivity index (χ1n) is 51.5. The third kappa shape index (κ3) is 14.1. The standard InChI is InChI=1S/C50H39N.2C46H37N/c1-49(2)46-30-35-15-9-8-14-34(35)29-44(46)42-27-24-39(31-47(42)49)51(37-21-18-33(19-22-37)32-12-6-5-7-13-32)38-23-26-40-36(28-38)20-25-43-41-16-10-11-17-45(41)50(3,4)48(40)43;1-45(2)41-16-10-9-15-38(41)40-29-35(24-27-43(40)45)47(33-21-18-31(19-22-33)30-12-6-5-7-13-30)34-23-26-36-32(28-34)20-25-39-37-14-8-11-17-42(37)46(3,4)44(36)39;1-45(2)41-16-10-8-14-37(41)39-27-24-35(29-43(39)45)47(33-21-18-31(19-22-33)30-12-6-5-7-13-30)34-23-26-36-32(28-34)20-25-40-38-15-9-11-17-42(38)46(3,4)44(36)40/h5-31H,1-4H3;2*5-29H,1-4H3. The molecule has 0 unspecified atom stereocenters. The second-order valence-corrected chi connectivity index (χ2v) is 43.8. The van der Waals surface area contributed by atoms with Gasteiger partial charge < -0.3 is 14.7 Å². The molecule has 0 bridgehead atoms. The fourth-order valence-corrected chi connectivity index (χ4v) is 26.1. The lowest BCUT2D eigenvalue weighted by molar-refractivity contribution is 0.660. The number of rotatable bonds is 12. The van der Waals surface area contributed by atoms with Gasteiger partial charge in [0.15, 0.2) is 0 Å². The maximum Gasteiger partial charge on any atom is 0.0468 e. The normalized spacial score (nSPS) is 14.7. The molecule has 3 heteroatoms. The first-order chi connectivity index (χ1) is 70.4. The maximum atomic E-state index is 2.44. The summed E-state index contributed by atoms with van der Waals surface area (Å²) in [4.78, 5) is 7.30. The second-order valence-electron chi connectivity index (χ2n) is 43.8. The molecule has 0 aromatic heterocycles. The van der Waals surface area contributed by atoms with Crippen molar-refractivity contribution in [2.45, 2.75) is 116 Å². The minimum Gasteiger partial charge on any atom is -0.310 e. The molecule has 0 spiro atoms. The topological polar surface area (TPSA) is 9.72 Å². The van der Waals surface area contributed by atoms with E-state index in [4.69, 9.17) is 0 Å². The molecule has 6 aliphatic rings. The summed E-state index contributed by atoms with van der Waals surface area (Å²) in [5.74, 6) is 0. The van der Waals surface area contributed by atoms with Crippen LogP contribution in [0.2, 0.25) is 0 Å². The molecule has 0 aliphatic heterocycles. The largest absolute Gasteiger partial charge is 0.310 e. The lowest BCUT2D eigenvalue weighted by Crippen LogP contribution is -2.17. The Kier molecular flexibility index (Phi) is 20.4. The molecule has 0 atom stereocenters. The second kappa shape index (κ2) is 33.5. The molecule has 0 amide bonds.